The molecule has 1 heterocycles. The highest BCUT2D eigenvalue weighted by molar-refractivity contribution is 6.07. The first kappa shape index (κ1) is 20.6. The van der Waals surface area contributed by atoms with E-state index in [1.54, 1.807) is 18.2 Å². The molecule has 1 saturated carbocycles. The predicted octanol–water partition coefficient (Wildman–Crippen LogP) is 4.54. The summed E-state index contributed by atoms with van der Waals surface area (Å²) in [5.41, 5.74) is 8.55. The minimum atomic E-state index is -0.500. The van der Waals surface area contributed by atoms with Crippen molar-refractivity contribution in [3.8, 4) is 11.3 Å². The van der Waals surface area contributed by atoms with Gasteiger partial charge in [0, 0.05) is 22.9 Å². The minimum absolute atomic E-state index is 0.0567. The maximum Gasteiger partial charge on any atom is 0.333 e. The highest BCUT2D eigenvalue weighted by atomic mass is 19.1. The second kappa shape index (κ2) is 8.70. The Morgan fingerprint density at radius 3 is 2.39 bits per heavy atom. The molecule has 164 valence electrons. The number of para-hydroxylation sites is 1. The van der Waals surface area contributed by atoms with Gasteiger partial charge in [-0.25, -0.2) is 19.6 Å². The molecule has 3 aromatic carbocycles. The van der Waals surface area contributed by atoms with E-state index in [4.69, 9.17) is 0 Å². The summed E-state index contributed by atoms with van der Waals surface area (Å²) in [6.07, 6.45) is 0.766. The van der Waals surface area contributed by atoms with Crippen molar-refractivity contribution in [2.75, 3.05) is 0 Å². The van der Waals surface area contributed by atoms with Crippen molar-refractivity contribution >= 4 is 22.8 Å². The smallest absolute Gasteiger partial charge is 0.333 e. The van der Waals surface area contributed by atoms with Crippen molar-refractivity contribution in [2.45, 2.75) is 18.4 Å². The van der Waals surface area contributed by atoms with E-state index in [-0.39, 0.29) is 17.8 Å². The van der Waals surface area contributed by atoms with Crippen molar-refractivity contribution in [2.24, 2.45) is 0 Å². The van der Waals surface area contributed by atoms with Crippen molar-refractivity contribution in [1.82, 2.24) is 21.2 Å². The number of hydrazine groups is 1. The van der Waals surface area contributed by atoms with E-state index in [0.29, 0.717) is 22.2 Å². The Labute approximate surface area is 189 Å². The largest absolute Gasteiger partial charge is 0.333 e. The van der Waals surface area contributed by atoms with E-state index in [1.165, 1.54) is 12.1 Å². The number of urea groups is 1. The van der Waals surface area contributed by atoms with Crippen molar-refractivity contribution in [3.05, 3.63) is 102 Å². The zero-order valence-electron chi connectivity index (χ0n) is 17.6. The van der Waals surface area contributed by atoms with Crippen molar-refractivity contribution in [3.63, 3.8) is 0 Å². The summed E-state index contributed by atoms with van der Waals surface area (Å²) in [6.45, 7) is 0. The number of hydrogen-bond acceptors (Lipinski definition) is 3. The minimum Gasteiger partial charge on any atom is -0.333 e. The number of fused-ring (bicyclic) bond motifs is 1. The zero-order chi connectivity index (χ0) is 22.8. The van der Waals surface area contributed by atoms with Gasteiger partial charge in [-0.2, -0.15) is 0 Å². The van der Waals surface area contributed by atoms with Gasteiger partial charge in [0.1, 0.15) is 5.82 Å². The number of nitrogens with zero attached hydrogens (tertiary/aromatic N) is 1. The number of benzene rings is 3. The fourth-order valence-electron chi connectivity index (χ4n) is 3.94. The van der Waals surface area contributed by atoms with E-state index in [9.17, 15) is 14.0 Å². The standard InChI is InChI=1S/C26H21FN4O2/c27-18-12-10-16(11-13-18)20-14-24(20)29-26(33)31-30-25(32)21-15-23(17-6-2-1-3-7-17)28-22-9-5-4-8-19(21)22/h1-13,15,20,24H,14H2,(H,30,32)(H2,29,31,33)/t20-,24+/m0/s1. The normalized spacial score (nSPS) is 16.8. The van der Waals surface area contributed by atoms with Gasteiger partial charge in [-0.15, -0.1) is 0 Å². The van der Waals surface area contributed by atoms with Crippen LogP contribution in [-0.2, 0) is 0 Å². The molecule has 1 aliphatic rings. The van der Waals surface area contributed by atoms with Crippen LogP contribution in [0.15, 0.2) is 84.9 Å². The molecule has 6 nitrogen and oxygen atoms in total. The van der Waals surface area contributed by atoms with Gasteiger partial charge in [-0.1, -0.05) is 60.7 Å². The molecular formula is C26H21FN4O2. The predicted molar refractivity (Wildman–Crippen MR) is 124 cm³/mol. The molecule has 4 aromatic rings. The Morgan fingerprint density at radius 1 is 0.879 bits per heavy atom. The molecule has 33 heavy (non-hydrogen) atoms. The molecule has 1 aromatic heterocycles. The first-order valence-electron chi connectivity index (χ1n) is 10.7. The summed E-state index contributed by atoms with van der Waals surface area (Å²) in [7, 11) is 0. The molecule has 1 fully saturated rings. The first-order valence-corrected chi connectivity index (χ1v) is 10.7. The maximum absolute atomic E-state index is 13.1. The summed E-state index contributed by atoms with van der Waals surface area (Å²) in [5, 5.41) is 3.52. The van der Waals surface area contributed by atoms with E-state index in [0.717, 1.165) is 17.5 Å². The van der Waals surface area contributed by atoms with Crippen LogP contribution in [0.4, 0.5) is 9.18 Å². The van der Waals surface area contributed by atoms with Crippen LogP contribution >= 0.6 is 0 Å². The van der Waals surface area contributed by atoms with Gasteiger partial charge < -0.3 is 5.32 Å². The third-order valence-electron chi connectivity index (χ3n) is 5.73. The van der Waals surface area contributed by atoms with Gasteiger partial charge in [-0.05, 0) is 36.2 Å². The summed E-state index contributed by atoms with van der Waals surface area (Å²) >= 11 is 0. The van der Waals surface area contributed by atoms with Crippen LogP contribution in [0.25, 0.3) is 22.2 Å². The first-order chi connectivity index (χ1) is 16.1. The fourth-order valence-corrected chi connectivity index (χ4v) is 3.94. The number of rotatable bonds is 4. The lowest BCUT2D eigenvalue weighted by Crippen LogP contribution is -2.47. The Morgan fingerprint density at radius 2 is 1.61 bits per heavy atom. The van der Waals surface area contributed by atoms with Crippen molar-refractivity contribution < 1.29 is 14.0 Å². The van der Waals surface area contributed by atoms with Gasteiger partial charge in [0.05, 0.1) is 16.8 Å². The molecule has 3 amide bonds. The molecule has 1 aliphatic carbocycles. The molecule has 0 spiro atoms. The van der Waals surface area contributed by atoms with Crippen LogP contribution in [0.3, 0.4) is 0 Å². The quantitative estimate of drug-likeness (QED) is 0.408. The SMILES string of the molecule is O=C(NNC(=O)c1cc(-c2ccccc2)nc2ccccc12)N[C@@H]1C[C@H]1c1ccc(F)cc1. The molecule has 0 radical (unpaired) electrons. The van der Waals surface area contributed by atoms with Gasteiger partial charge in [0.25, 0.3) is 5.91 Å². The van der Waals surface area contributed by atoms with E-state index in [2.05, 4.69) is 21.2 Å². The highest BCUT2D eigenvalue weighted by Gasteiger charge is 2.39. The Hall–Kier alpha value is -4.26. The van der Waals surface area contributed by atoms with E-state index in [1.807, 2.05) is 54.6 Å². The number of amides is 3. The van der Waals surface area contributed by atoms with Crippen LogP contribution in [-0.4, -0.2) is 23.0 Å². The lowest BCUT2D eigenvalue weighted by Gasteiger charge is -2.12. The molecule has 3 N–H and O–H groups in total. The average molecular weight is 440 g/mol. The molecule has 2 atom stereocenters. The third kappa shape index (κ3) is 4.52. The second-order valence-corrected chi connectivity index (χ2v) is 7.99. The lowest BCUT2D eigenvalue weighted by atomic mass is 10.0. The molecule has 5 rings (SSSR count). The Balaban J connectivity index is 1.26. The van der Waals surface area contributed by atoms with Crippen LogP contribution in [0.5, 0.6) is 0 Å². The topological polar surface area (TPSA) is 83.1 Å². The van der Waals surface area contributed by atoms with Crippen molar-refractivity contribution in [1.29, 1.82) is 0 Å². The molecule has 0 aliphatic heterocycles. The van der Waals surface area contributed by atoms with Gasteiger partial charge in [0.2, 0.25) is 0 Å². The Bertz CT molecular complexity index is 1330. The zero-order valence-corrected chi connectivity index (χ0v) is 17.6. The number of halogens is 1. The number of carbonyl (C=O) groups is 2. The summed E-state index contributed by atoms with van der Waals surface area (Å²) in [6, 6.07) is 24.4. The van der Waals surface area contributed by atoms with Crippen LogP contribution in [0, 0.1) is 5.82 Å². The number of nitrogens with one attached hydrogen (secondary N) is 3. The lowest BCUT2D eigenvalue weighted by molar-refractivity contribution is 0.0938. The van der Waals surface area contributed by atoms with Gasteiger partial charge >= 0.3 is 6.03 Å². The van der Waals surface area contributed by atoms with E-state index >= 15 is 0 Å². The van der Waals surface area contributed by atoms with Crippen LogP contribution in [0.2, 0.25) is 0 Å². The molecule has 0 unspecified atom stereocenters. The van der Waals surface area contributed by atoms with Crippen LogP contribution in [0.1, 0.15) is 28.3 Å². The molecule has 0 bridgehead atoms. The monoisotopic (exact) mass is 440 g/mol. The fraction of sp³-hybridized carbons (Fsp3) is 0.115. The third-order valence-corrected chi connectivity index (χ3v) is 5.73. The number of hydrogen-bond donors (Lipinski definition) is 3. The maximum atomic E-state index is 13.1. The second-order valence-electron chi connectivity index (χ2n) is 7.99. The van der Waals surface area contributed by atoms with Crippen LogP contribution < -0.4 is 16.2 Å². The summed E-state index contributed by atoms with van der Waals surface area (Å²) in [5.74, 6) is -0.583. The van der Waals surface area contributed by atoms with E-state index < -0.39 is 11.9 Å². The number of aromatic nitrogens is 1. The Kier molecular flexibility index (Phi) is 5.44. The number of carbonyl (C=O) groups excluding carboxylic acids is 2. The van der Waals surface area contributed by atoms with Gasteiger partial charge in [0.15, 0.2) is 0 Å². The molecular weight excluding hydrogens is 419 g/mol. The number of pyridine rings is 1. The summed E-state index contributed by atoms with van der Waals surface area (Å²) < 4.78 is 13.1. The highest BCUT2D eigenvalue weighted by Crippen LogP contribution is 2.40. The molecule has 7 heteroatoms. The average Bonchev–Trinajstić information content (AvgIpc) is 3.61. The molecule has 0 saturated heterocycles. The van der Waals surface area contributed by atoms with Gasteiger partial charge in [-0.3, -0.25) is 10.2 Å². The summed E-state index contributed by atoms with van der Waals surface area (Å²) in [4.78, 5) is 29.9.